The number of carbonyl (C=O) groups excluding carboxylic acids is 2. The molecule has 0 radical (unpaired) electrons. The zero-order chi connectivity index (χ0) is 19.3. The predicted molar refractivity (Wildman–Crippen MR) is 100 cm³/mol. The Morgan fingerprint density at radius 3 is 2.00 bits per heavy atom. The second-order valence-corrected chi connectivity index (χ2v) is 9.13. The maximum Gasteiger partial charge on any atom is 0.149 e. The van der Waals surface area contributed by atoms with Crippen LogP contribution in [0, 0.1) is 35.5 Å². The number of aliphatic hydroxyl groups excluding tert-OH is 2. The lowest BCUT2D eigenvalue weighted by molar-refractivity contribution is -0.135. The van der Waals surface area contributed by atoms with Gasteiger partial charge in [0.25, 0.3) is 0 Å². The first-order valence-electron chi connectivity index (χ1n) is 9.98. The first-order valence-corrected chi connectivity index (χ1v) is 9.98. The quantitative estimate of drug-likeness (QED) is 0.588. The Labute approximate surface area is 153 Å². The van der Waals surface area contributed by atoms with E-state index < -0.39 is 30.0 Å². The molecule has 2 N–H and O–H groups in total. The van der Waals surface area contributed by atoms with Gasteiger partial charge in [-0.1, -0.05) is 48.0 Å². The number of hydrogen-bond acceptors (Lipinski definition) is 4. The Morgan fingerprint density at radius 2 is 1.52 bits per heavy atom. The van der Waals surface area contributed by atoms with Crippen LogP contribution in [0.3, 0.4) is 0 Å². The van der Waals surface area contributed by atoms with Gasteiger partial charge >= 0.3 is 0 Å². The number of ketones is 2. The predicted octanol–water partition coefficient (Wildman–Crippen LogP) is 3.63. The maximum absolute atomic E-state index is 12.9. The largest absolute Gasteiger partial charge is 0.393 e. The summed E-state index contributed by atoms with van der Waals surface area (Å²) >= 11 is 0. The first-order chi connectivity index (χ1) is 11.6. The fraction of sp³-hybridized carbons (Fsp3) is 0.905. The Balaban J connectivity index is 2.98. The van der Waals surface area contributed by atoms with E-state index in [1.807, 2.05) is 13.8 Å². The minimum atomic E-state index is -1.04. The summed E-state index contributed by atoms with van der Waals surface area (Å²) in [4.78, 5) is 25.4. The Hall–Kier alpha value is -0.740. The van der Waals surface area contributed by atoms with Gasteiger partial charge in [-0.2, -0.15) is 0 Å². The molecule has 146 valence electrons. The van der Waals surface area contributed by atoms with Gasteiger partial charge in [-0.05, 0) is 37.0 Å². The minimum absolute atomic E-state index is 0.146. The molecule has 5 atom stereocenters. The van der Waals surface area contributed by atoms with Gasteiger partial charge < -0.3 is 10.2 Å². The highest BCUT2D eigenvalue weighted by Crippen LogP contribution is 2.41. The van der Waals surface area contributed by atoms with Gasteiger partial charge in [-0.25, -0.2) is 0 Å². The summed E-state index contributed by atoms with van der Waals surface area (Å²) in [6.07, 6.45) is 1.45. The van der Waals surface area contributed by atoms with E-state index >= 15 is 0 Å². The molecule has 0 aromatic heterocycles. The van der Waals surface area contributed by atoms with Crippen LogP contribution in [0.4, 0.5) is 0 Å². The standard InChI is InChI=1S/C21H38O4/c1-12(2)7-9-15-18(16(22)10-8-13(3)4)21(25)19(20(15)24)17(23)11-14(5)6/h12-16,18-19,21-22,25H,7-11H2,1-6H3. The van der Waals surface area contributed by atoms with Crippen LogP contribution in [-0.4, -0.2) is 34.0 Å². The summed E-state index contributed by atoms with van der Waals surface area (Å²) in [5.41, 5.74) is 0. The first kappa shape index (κ1) is 22.3. The molecule has 1 fully saturated rings. The van der Waals surface area contributed by atoms with Crippen LogP contribution in [0.2, 0.25) is 0 Å². The van der Waals surface area contributed by atoms with Crippen molar-refractivity contribution in [3.8, 4) is 0 Å². The van der Waals surface area contributed by atoms with Crippen LogP contribution in [0.25, 0.3) is 0 Å². The van der Waals surface area contributed by atoms with Crippen LogP contribution in [0.5, 0.6) is 0 Å². The van der Waals surface area contributed by atoms with E-state index in [1.54, 1.807) is 0 Å². The lowest BCUT2D eigenvalue weighted by Gasteiger charge is -2.27. The fourth-order valence-electron chi connectivity index (χ4n) is 3.97. The third-order valence-electron chi connectivity index (χ3n) is 5.37. The van der Waals surface area contributed by atoms with Gasteiger partial charge in [0.15, 0.2) is 0 Å². The zero-order valence-corrected chi connectivity index (χ0v) is 16.9. The molecular weight excluding hydrogens is 316 g/mol. The Bertz CT molecular complexity index is 441. The molecule has 1 saturated carbocycles. The van der Waals surface area contributed by atoms with Crippen LogP contribution in [-0.2, 0) is 9.59 Å². The highest BCUT2D eigenvalue weighted by Gasteiger charge is 2.53. The number of aliphatic hydroxyl groups is 2. The molecule has 0 saturated heterocycles. The average molecular weight is 355 g/mol. The van der Waals surface area contributed by atoms with Gasteiger partial charge in [0.05, 0.1) is 12.2 Å². The highest BCUT2D eigenvalue weighted by atomic mass is 16.3. The fourth-order valence-corrected chi connectivity index (χ4v) is 3.97. The van der Waals surface area contributed by atoms with Crippen molar-refractivity contribution in [3.05, 3.63) is 0 Å². The van der Waals surface area contributed by atoms with E-state index in [0.29, 0.717) is 31.1 Å². The molecule has 0 aromatic carbocycles. The van der Waals surface area contributed by atoms with Crippen molar-refractivity contribution in [3.63, 3.8) is 0 Å². The van der Waals surface area contributed by atoms with Crippen LogP contribution in [0.1, 0.15) is 73.6 Å². The lowest BCUT2D eigenvalue weighted by atomic mass is 9.82. The molecule has 1 rings (SSSR count). The zero-order valence-electron chi connectivity index (χ0n) is 16.9. The Kier molecular flexibility index (Phi) is 8.76. The summed E-state index contributed by atoms with van der Waals surface area (Å²) in [5.74, 6) is -1.11. The van der Waals surface area contributed by atoms with Crippen molar-refractivity contribution in [2.24, 2.45) is 35.5 Å². The van der Waals surface area contributed by atoms with Crippen molar-refractivity contribution in [2.75, 3.05) is 0 Å². The number of carbonyl (C=O) groups is 2. The SMILES string of the molecule is CC(C)CCC(O)C1C(CCC(C)C)C(=O)C(C(=O)CC(C)C)C1O. The molecule has 0 spiro atoms. The monoisotopic (exact) mass is 354 g/mol. The molecule has 4 heteroatoms. The van der Waals surface area contributed by atoms with E-state index in [1.165, 1.54) is 0 Å². The smallest absolute Gasteiger partial charge is 0.149 e. The molecule has 5 unspecified atom stereocenters. The number of Topliss-reactive ketones (excluding diaryl/α,β-unsaturated/α-hetero) is 2. The summed E-state index contributed by atoms with van der Waals surface area (Å²) in [6, 6.07) is 0. The van der Waals surface area contributed by atoms with Gasteiger partial charge in [-0.3, -0.25) is 9.59 Å². The van der Waals surface area contributed by atoms with E-state index in [4.69, 9.17) is 0 Å². The molecule has 0 aromatic rings. The van der Waals surface area contributed by atoms with Crippen molar-refractivity contribution in [1.82, 2.24) is 0 Å². The summed E-state index contributed by atoms with van der Waals surface area (Å²) in [6.45, 7) is 12.3. The summed E-state index contributed by atoms with van der Waals surface area (Å²) in [7, 11) is 0. The van der Waals surface area contributed by atoms with E-state index in [9.17, 15) is 19.8 Å². The third-order valence-corrected chi connectivity index (χ3v) is 5.37. The van der Waals surface area contributed by atoms with Crippen molar-refractivity contribution >= 4 is 11.6 Å². The molecule has 1 aliphatic carbocycles. The van der Waals surface area contributed by atoms with E-state index in [2.05, 4.69) is 27.7 Å². The van der Waals surface area contributed by atoms with Crippen molar-refractivity contribution in [2.45, 2.75) is 85.9 Å². The summed E-state index contributed by atoms with van der Waals surface area (Å²) < 4.78 is 0. The van der Waals surface area contributed by atoms with Gasteiger partial charge in [0.1, 0.15) is 17.5 Å². The van der Waals surface area contributed by atoms with Crippen LogP contribution in [0.15, 0.2) is 0 Å². The molecule has 0 bridgehead atoms. The molecule has 0 amide bonds. The van der Waals surface area contributed by atoms with Crippen molar-refractivity contribution < 1.29 is 19.8 Å². The van der Waals surface area contributed by atoms with Gasteiger partial charge in [0.2, 0.25) is 0 Å². The molecule has 0 heterocycles. The highest BCUT2D eigenvalue weighted by molar-refractivity contribution is 6.05. The van der Waals surface area contributed by atoms with Gasteiger partial charge in [-0.15, -0.1) is 0 Å². The minimum Gasteiger partial charge on any atom is -0.393 e. The second kappa shape index (κ2) is 9.82. The Morgan fingerprint density at radius 1 is 0.960 bits per heavy atom. The molecule has 1 aliphatic rings. The van der Waals surface area contributed by atoms with Crippen molar-refractivity contribution in [1.29, 1.82) is 0 Å². The second-order valence-electron chi connectivity index (χ2n) is 9.13. The topological polar surface area (TPSA) is 74.6 Å². The normalized spacial score (nSPS) is 28.4. The molecule has 25 heavy (non-hydrogen) atoms. The van der Waals surface area contributed by atoms with Crippen LogP contribution >= 0.6 is 0 Å². The number of rotatable bonds is 10. The third kappa shape index (κ3) is 6.18. The van der Waals surface area contributed by atoms with E-state index in [-0.39, 0.29) is 17.5 Å². The average Bonchev–Trinajstić information content (AvgIpc) is 2.72. The maximum atomic E-state index is 12.9. The molecule has 0 aliphatic heterocycles. The molecule has 4 nitrogen and oxygen atoms in total. The van der Waals surface area contributed by atoms with E-state index in [0.717, 1.165) is 12.8 Å². The van der Waals surface area contributed by atoms with Crippen LogP contribution < -0.4 is 0 Å². The summed E-state index contributed by atoms with van der Waals surface area (Å²) in [5, 5.41) is 21.5. The van der Waals surface area contributed by atoms with Gasteiger partial charge in [0, 0.05) is 18.3 Å². The number of hydrogen-bond donors (Lipinski definition) is 2. The molecular formula is C21H38O4. The lowest BCUT2D eigenvalue weighted by Crippen LogP contribution is -2.36.